The predicted molar refractivity (Wildman–Crippen MR) is 279 cm³/mol. The Morgan fingerprint density at radius 2 is 1.14 bits per heavy atom. The number of amides is 6. The molecule has 0 aliphatic heterocycles. The van der Waals surface area contributed by atoms with Crippen molar-refractivity contribution in [3.63, 3.8) is 0 Å². The van der Waals surface area contributed by atoms with Crippen molar-refractivity contribution in [3.05, 3.63) is 151 Å². The van der Waals surface area contributed by atoms with Gasteiger partial charge in [-0.2, -0.15) is 10.2 Å². The maximum Gasteiger partial charge on any atom is 0.319 e. The van der Waals surface area contributed by atoms with Crippen molar-refractivity contribution in [2.75, 3.05) is 22.6 Å². The van der Waals surface area contributed by atoms with Gasteiger partial charge in [0.1, 0.15) is 0 Å². The van der Waals surface area contributed by atoms with Crippen molar-refractivity contribution in [2.24, 2.45) is 50.6 Å². The molecule has 4 saturated carbocycles. The first-order valence-electron chi connectivity index (χ1n) is 25.6. The Morgan fingerprint density at radius 3 is 1.75 bits per heavy atom. The molecule has 6 amide bonds. The van der Waals surface area contributed by atoms with Gasteiger partial charge < -0.3 is 36.6 Å². The second kappa shape index (κ2) is 22.4. The zero-order valence-electron chi connectivity index (χ0n) is 40.9. The van der Waals surface area contributed by atoms with Crippen LogP contribution in [-0.2, 0) is 16.0 Å². The van der Waals surface area contributed by atoms with E-state index in [0.29, 0.717) is 25.9 Å². The van der Waals surface area contributed by atoms with Gasteiger partial charge in [0, 0.05) is 48.0 Å². The summed E-state index contributed by atoms with van der Waals surface area (Å²) in [7, 11) is 0. The van der Waals surface area contributed by atoms with E-state index in [-0.39, 0.29) is 82.6 Å². The Kier molecular flexibility index (Phi) is 15.4. The predicted octanol–water partition coefficient (Wildman–Crippen LogP) is 12.8. The molecular weight excluding hydrogens is 889 g/mol. The average Bonchev–Trinajstić information content (AvgIpc) is 3.71. The minimum atomic E-state index is -0.320. The third-order valence-corrected chi connectivity index (χ3v) is 16.7. The molecule has 0 aromatic heterocycles. The van der Waals surface area contributed by atoms with E-state index in [4.69, 9.17) is 4.74 Å². The van der Waals surface area contributed by atoms with E-state index >= 15 is 0 Å². The van der Waals surface area contributed by atoms with Gasteiger partial charge in [0.05, 0.1) is 18.0 Å². The molecular formula is C58H68N8O5. The Hall–Kier alpha value is -7.02. The number of ether oxygens (including phenoxy) is 1. The van der Waals surface area contributed by atoms with Crippen molar-refractivity contribution in [1.82, 2.24) is 16.0 Å². The number of nitrogens with zero attached hydrogens (tertiary/aromatic N) is 2. The lowest BCUT2D eigenvalue weighted by atomic mass is 9.42. The minimum Gasteiger partial charge on any atom is -0.465 e. The zero-order valence-corrected chi connectivity index (χ0v) is 40.9. The molecule has 0 saturated heterocycles. The molecule has 5 aromatic rings. The lowest BCUT2D eigenvalue weighted by molar-refractivity contribution is -0.144. The number of esters is 1. The van der Waals surface area contributed by atoms with Gasteiger partial charge in [-0.3, -0.25) is 4.79 Å². The van der Waals surface area contributed by atoms with Crippen LogP contribution in [0.4, 0.5) is 42.8 Å². The highest BCUT2D eigenvalue weighted by molar-refractivity contribution is 5.90. The quantitative estimate of drug-likeness (QED) is 0.0452. The highest BCUT2D eigenvalue weighted by atomic mass is 16.5. The third kappa shape index (κ3) is 11.8. The van der Waals surface area contributed by atoms with Gasteiger partial charge in [0.15, 0.2) is 0 Å². The molecule has 13 heteroatoms. The van der Waals surface area contributed by atoms with Crippen molar-refractivity contribution < 1.29 is 23.9 Å². The summed E-state index contributed by atoms with van der Waals surface area (Å²) in [4.78, 5) is 54.7. The number of carbonyl (C=O) groups is 4. The topological polar surface area (TPSA) is 174 Å². The van der Waals surface area contributed by atoms with Crippen molar-refractivity contribution in [3.8, 4) is 0 Å². The van der Waals surface area contributed by atoms with Gasteiger partial charge in [0.2, 0.25) is 0 Å². The van der Waals surface area contributed by atoms with Crippen molar-refractivity contribution in [1.29, 1.82) is 0 Å². The number of fused-ring (bicyclic) bond motifs is 5. The number of rotatable bonds is 15. The molecule has 0 heterocycles. The first-order chi connectivity index (χ1) is 34.5. The number of urea groups is 3. The molecule has 0 spiro atoms. The van der Waals surface area contributed by atoms with Crippen LogP contribution in [0.25, 0.3) is 0 Å². The molecule has 71 heavy (non-hydrogen) atoms. The summed E-state index contributed by atoms with van der Waals surface area (Å²) in [6, 6.07) is 45.0. The van der Waals surface area contributed by atoms with Crippen LogP contribution >= 0.6 is 0 Å². The highest BCUT2D eigenvalue weighted by Gasteiger charge is 2.66. The van der Waals surface area contributed by atoms with Gasteiger partial charge in [0.25, 0.3) is 0 Å². The summed E-state index contributed by atoms with van der Waals surface area (Å²) in [6.45, 7) is 5.10. The van der Waals surface area contributed by atoms with Crippen LogP contribution < -0.4 is 31.9 Å². The standard InChI is InChI=1S/C58H68N8O5/c1-57-34-32-47(62-54(68)59-42-17-7-3-8-18-42)36-41(57)37-50(63-55(69)60-43-19-9-4-10-20-43)53-48-31-28-40(58(48,2)51(38-49(53)57)64-56(70)61-44-21-11-5-12-22-44)16-15-25-52(67)71-35-33-39-26-29-46(30-27-39)66-65-45-23-13-6-14-24-45/h3-14,17-24,26-27,29-30,40-41,47-51,53H,15-16,25,28,31-38H2,1-2H3,(H2,59,62,68)(H2,60,63,69)(H2,61,64,70)/t40-,41-,47?,48-,49-,50?,51?,53-,57-,58+/m0/s1. The molecule has 370 valence electrons. The molecule has 6 N–H and O–H groups in total. The second-order valence-electron chi connectivity index (χ2n) is 20.7. The molecule has 3 unspecified atom stereocenters. The molecule has 4 fully saturated rings. The summed E-state index contributed by atoms with van der Waals surface area (Å²) in [5, 5.41) is 28.2. The van der Waals surface area contributed by atoms with E-state index in [1.54, 1.807) is 0 Å². The van der Waals surface area contributed by atoms with Crippen LogP contribution in [0.2, 0.25) is 0 Å². The lowest BCUT2D eigenvalue weighted by Gasteiger charge is -2.65. The number of benzene rings is 5. The van der Waals surface area contributed by atoms with Gasteiger partial charge in [-0.15, -0.1) is 0 Å². The highest BCUT2D eigenvalue weighted by Crippen LogP contribution is 2.68. The van der Waals surface area contributed by atoms with Gasteiger partial charge in [-0.05, 0) is 164 Å². The lowest BCUT2D eigenvalue weighted by Crippen LogP contribution is -2.67. The van der Waals surface area contributed by atoms with Crippen molar-refractivity contribution >= 4 is 52.5 Å². The fourth-order valence-corrected chi connectivity index (χ4v) is 13.1. The fraction of sp³-hybridized carbons (Fsp3) is 0.414. The molecule has 13 nitrogen and oxygen atoms in total. The summed E-state index contributed by atoms with van der Waals surface area (Å²) in [5.74, 6) is 0.766. The SMILES string of the molecule is C[C@]12CCC(NC(=O)Nc3ccccc3)C[C@H]1CC(NC(=O)Nc1ccccc1)[C@@H]1[C@@H]2CC(NC(=O)Nc2ccccc2)[C@]2(C)[C@@H](CCCC(=O)OCCc3ccc(N=Nc4ccccc4)cc3)CC[C@@H]12. The van der Waals surface area contributed by atoms with Crippen molar-refractivity contribution in [2.45, 2.75) is 103 Å². The fourth-order valence-electron chi connectivity index (χ4n) is 13.1. The third-order valence-electron chi connectivity index (χ3n) is 16.7. The first-order valence-corrected chi connectivity index (χ1v) is 25.6. The van der Waals surface area contributed by atoms with Gasteiger partial charge in [-0.25, -0.2) is 14.4 Å². The number of anilines is 3. The number of para-hydroxylation sites is 3. The molecule has 4 aliphatic carbocycles. The van der Waals surface area contributed by atoms with E-state index in [1.807, 2.05) is 146 Å². The summed E-state index contributed by atoms with van der Waals surface area (Å²) < 4.78 is 5.77. The molecule has 0 bridgehead atoms. The monoisotopic (exact) mass is 957 g/mol. The number of carbonyl (C=O) groups excluding carboxylic acids is 4. The maximum absolute atomic E-state index is 14.1. The molecule has 10 atom stereocenters. The molecule has 4 aliphatic rings. The van der Waals surface area contributed by atoms with E-state index < -0.39 is 0 Å². The number of azo groups is 1. The maximum atomic E-state index is 14.1. The minimum absolute atomic E-state index is 0.0241. The number of nitrogens with one attached hydrogen (secondary N) is 6. The molecule has 5 aromatic carbocycles. The molecule has 9 rings (SSSR count). The van der Waals surface area contributed by atoms with E-state index in [0.717, 1.165) is 85.4 Å². The summed E-state index contributed by atoms with van der Waals surface area (Å²) >= 11 is 0. The first kappa shape index (κ1) is 49.0. The zero-order chi connectivity index (χ0) is 49.2. The van der Waals surface area contributed by atoms with Crippen LogP contribution in [0.3, 0.4) is 0 Å². The van der Waals surface area contributed by atoms with E-state index in [9.17, 15) is 19.2 Å². The molecule has 0 radical (unpaired) electrons. The average molecular weight is 957 g/mol. The normalized spacial score (nSPS) is 27.5. The van der Waals surface area contributed by atoms with Crippen LogP contribution in [0, 0.1) is 40.4 Å². The smallest absolute Gasteiger partial charge is 0.319 e. The van der Waals surface area contributed by atoms with Crippen LogP contribution in [-0.4, -0.2) is 48.8 Å². The van der Waals surface area contributed by atoms with Crippen LogP contribution in [0.5, 0.6) is 0 Å². The number of hydrogen-bond donors (Lipinski definition) is 6. The van der Waals surface area contributed by atoms with Gasteiger partial charge >= 0.3 is 24.1 Å². The Labute approximate surface area is 417 Å². The van der Waals surface area contributed by atoms with Gasteiger partial charge in [-0.1, -0.05) is 98.8 Å². The van der Waals surface area contributed by atoms with E-state index in [1.165, 1.54) is 0 Å². The van der Waals surface area contributed by atoms with Crippen LogP contribution in [0.15, 0.2) is 156 Å². The van der Waals surface area contributed by atoms with Crippen LogP contribution in [0.1, 0.15) is 83.6 Å². The Balaban J connectivity index is 0.898. The largest absolute Gasteiger partial charge is 0.465 e. The Bertz CT molecular complexity index is 2600. The second-order valence-corrected chi connectivity index (χ2v) is 20.7. The summed E-state index contributed by atoms with van der Waals surface area (Å²) in [6.07, 6.45) is 8.44. The Morgan fingerprint density at radius 1 is 0.592 bits per heavy atom. The van der Waals surface area contributed by atoms with E-state index in [2.05, 4.69) is 56.0 Å². The number of hydrogen-bond acceptors (Lipinski definition) is 7. The summed E-state index contributed by atoms with van der Waals surface area (Å²) in [5.41, 5.74) is 4.38.